The largest absolute Gasteiger partial charge is 0.490 e. The first-order chi connectivity index (χ1) is 14.0. The molecule has 0 saturated heterocycles. The van der Waals surface area contributed by atoms with E-state index in [0.717, 1.165) is 29.1 Å². The molecule has 30 heavy (non-hydrogen) atoms. The zero-order valence-corrected chi connectivity index (χ0v) is 16.3. The van der Waals surface area contributed by atoms with Crippen LogP contribution in [0.3, 0.4) is 0 Å². The van der Waals surface area contributed by atoms with Crippen LogP contribution >= 0.6 is 0 Å². The van der Waals surface area contributed by atoms with Gasteiger partial charge < -0.3 is 19.7 Å². The van der Waals surface area contributed by atoms with Crippen molar-refractivity contribution in [2.24, 2.45) is 0 Å². The average molecular weight is 428 g/mol. The monoisotopic (exact) mass is 428 g/mol. The van der Waals surface area contributed by atoms with Crippen LogP contribution in [0.2, 0.25) is 0 Å². The number of carbonyl (C=O) groups excluding carboxylic acids is 1. The zero-order valence-electron chi connectivity index (χ0n) is 16.3. The highest BCUT2D eigenvalue weighted by atomic mass is 19.4. The topological polar surface area (TPSA) is 126 Å². The molecular weight excluding hydrogens is 409 g/mol. The minimum atomic E-state index is -5.08. The van der Waals surface area contributed by atoms with E-state index in [1.807, 2.05) is 25.2 Å². The Kier molecular flexibility index (Phi) is 7.10. The summed E-state index contributed by atoms with van der Waals surface area (Å²) in [6.45, 7) is 1.23. The summed E-state index contributed by atoms with van der Waals surface area (Å²) < 4.78 is 38.2. The van der Waals surface area contributed by atoms with E-state index < -0.39 is 12.1 Å². The Bertz CT molecular complexity index is 1030. The summed E-state index contributed by atoms with van der Waals surface area (Å²) in [5.41, 5.74) is 2.97. The number of esters is 1. The Morgan fingerprint density at radius 2 is 1.97 bits per heavy atom. The predicted molar refractivity (Wildman–Crippen MR) is 97.6 cm³/mol. The molecule has 162 valence electrons. The van der Waals surface area contributed by atoms with Gasteiger partial charge in [-0.25, -0.2) is 19.3 Å². The first-order valence-electron chi connectivity index (χ1n) is 8.40. The van der Waals surface area contributed by atoms with Crippen molar-refractivity contribution in [1.82, 2.24) is 29.9 Å². The van der Waals surface area contributed by atoms with E-state index in [4.69, 9.17) is 14.6 Å². The van der Waals surface area contributed by atoms with Gasteiger partial charge in [0.1, 0.15) is 12.4 Å². The highest BCUT2D eigenvalue weighted by Crippen LogP contribution is 2.15. The van der Waals surface area contributed by atoms with Crippen molar-refractivity contribution >= 4 is 23.0 Å². The van der Waals surface area contributed by atoms with Crippen molar-refractivity contribution in [3.05, 3.63) is 41.5 Å². The molecule has 10 nitrogen and oxygen atoms in total. The molecule has 0 fully saturated rings. The number of benzene rings is 1. The molecule has 2 N–H and O–H groups in total. The molecule has 0 aliphatic heterocycles. The SMILES string of the molecule is COC(=O)c1ccc2nc(Cn3cc(CN(C)C)nn3)[nH]c2c1.O=C(O)C(F)(F)F. The van der Waals surface area contributed by atoms with E-state index in [2.05, 4.69) is 20.3 Å². The summed E-state index contributed by atoms with van der Waals surface area (Å²) >= 11 is 0. The third kappa shape index (κ3) is 6.27. The Morgan fingerprint density at radius 1 is 1.30 bits per heavy atom. The van der Waals surface area contributed by atoms with Gasteiger partial charge in [-0.15, -0.1) is 5.10 Å². The third-order valence-electron chi connectivity index (χ3n) is 3.57. The molecule has 0 unspecified atom stereocenters. The Hall–Kier alpha value is -3.48. The number of H-pyrrole nitrogens is 1. The van der Waals surface area contributed by atoms with Gasteiger partial charge in [-0.2, -0.15) is 13.2 Å². The number of rotatable bonds is 5. The molecule has 2 heterocycles. The summed E-state index contributed by atoms with van der Waals surface area (Å²) in [6.07, 6.45) is -3.19. The molecule has 0 amide bonds. The number of hydrogen-bond acceptors (Lipinski definition) is 7. The fourth-order valence-corrected chi connectivity index (χ4v) is 2.35. The van der Waals surface area contributed by atoms with E-state index in [1.165, 1.54) is 7.11 Å². The number of aliphatic carboxylic acids is 1. The lowest BCUT2D eigenvalue weighted by molar-refractivity contribution is -0.192. The number of carboxylic acids is 1. The maximum absolute atomic E-state index is 11.6. The summed E-state index contributed by atoms with van der Waals surface area (Å²) in [5.74, 6) is -2.37. The first-order valence-corrected chi connectivity index (χ1v) is 8.40. The van der Waals surface area contributed by atoms with Gasteiger partial charge in [0, 0.05) is 6.54 Å². The maximum atomic E-state index is 11.6. The lowest BCUT2D eigenvalue weighted by Crippen LogP contribution is -2.21. The minimum Gasteiger partial charge on any atom is -0.475 e. The van der Waals surface area contributed by atoms with Crippen molar-refractivity contribution in [3.8, 4) is 0 Å². The standard InChI is InChI=1S/C15H18N6O2.C2HF3O2/c1-20(2)7-11-8-21(19-18-11)9-14-16-12-5-4-10(15(22)23-3)6-13(12)17-14;3-2(4,5)1(6)7/h4-6,8H,7,9H2,1-3H3,(H,16,17);(H,6,7). The van der Waals surface area contributed by atoms with Crippen LogP contribution in [0.4, 0.5) is 13.2 Å². The summed E-state index contributed by atoms with van der Waals surface area (Å²) in [7, 11) is 5.33. The molecule has 0 bridgehead atoms. The molecule has 0 radical (unpaired) electrons. The summed E-state index contributed by atoms with van der Waals surface area (Å²) in [5, 5.41) is 15.3. The van der Waals surface area contributed by atoms with Crippen LogP contribution < -0.4 is 0 Å². The second kappa shape index (κ2) is 9.35. The number of hydrogen-bond donors (Lipinski definition) is 2. The van der Waals surface area contributed by atoms with E-state index in [0.29, 0.717) is 12.1 Å². The molecule has 2 aromatic heterocycles. The quantitative estimate of drug-likeness (QED) is 0.588. The van der Waals surface area contributed by atoms with Crippen LogP contribution in [0.15, 0.2) is 24.4 Å². The van der Waals surface area contributed by atoms with Gasteiger partial charge in [0.15, 0.2) is 0 Å². The number of aromatic amines is 1. The number of methoxy groups -OCH3 is 1. The van der Waals surface area contributed by atoms with Gasteiger partial charge >= 0.3 is 18.1 Å². The number of ether oxygens (including phenoxy) is 1. The second-order valence-electron chi connectivity index (χ2n) is 6.36. The second-order valence-corrected chi connectivity index (χ2v) is 6.36. The van der Waals surface area contributed by atoms with Gasteiger partial charge in [0.05, 0.1) is 35.6 Å². The Balaban J connectivity index is 0.000000396. The number of carbonyl (C=O) groups is 2. The highest BCUT2D eigenvalue weighted by molar-refractivity contribution is 5.93. The van der Waals surface area contributed by atoms with E-state index in [9.17, 15) is 18.0 Å². The lowest BCUT2D eigenvalue weighted by Gasteiger charge is -2.04. The predicted octanol–water partition coefficient (Wildman–Crippen LogP) is 1.68. The van der Waals surface area contributed by atoms with E-state index in [1.54, 1.807) is 22.9 Å². The van der Waals surface area contributed by atoms with E-state index >= 15 is 0 Å². The van der Waals surface area contributed by atoms with Gasteiger partial charge in [0.2, 0.25) is 0 Å². The Labute approximate surface area is 168 Å². The van der Waals surface area contributed by atoms with Crippen LogP contribution in [0, 0.1) is 0 Å². The van der Waals surface area contributed by atoms with Crippen molar-refractivity contribution in [2.75, 3.05) is 21.2 Å². The third-order valence-corrected chi connectivity index (χ3v) is 3.57. The fraction of sp³-hybridized carbons (Fsp3) is 0.353. The number of fused-ring (bicyclic) bond motifs is 1. The molecular formula is C17H19F3N6O4. The summed E-state index contributed by atoms with van der Waals surface area (Å²) in [4.78, 5) is 30.2. The number of halogens is 3. The van der Waals surface area contributed by atoms with Crippen LogP contribution in [0.25, 0.3) is 11.0 Å². The molecule has 0 aliphatic rings. The lowest BCUT2D eigenvalue weighted by atomic mass is 10.2. The van der Waals surface area contributed by atoms with Gasteiger partial charge in [-0.1, -0.05) is 5.21 Å². The van der Waals surface area contributed by atoms with Crippen LogP contribution in [0.1, 0.15) is 21.9 Å². The minimum absolute atomic E-state index is 0.368. The number of aromatic nitrogens is 5. The highest BCUT2D eigenvalue weighted by Gasteiger charge is 2.38. The van der Waals surface area contributed by atoms with Crippen molar-refractivity contribution in [3.63, 3.8) is 0 Å². The Morgan fingerprint density at radius 3 is 2.53 bits per heavy atom. The zero-order chi connectivity index (χ0) is 22.5. The fourth-order valence-electron chi connectivity index (χ4n) is 2.35. The van der Waals surface area contributed by atoms with E-state index in [-0.39, 0.29) is 5.97 Å². The molecule has 3 rings (SSSR count). The first kappa shape index (κ1) is 22.8. The van der Waals surface area contributed by atoms with Gasteiger partial charge in [0.25, 0.3) is 0 Å². The van der Waals surface area contributed by atoms with Crippen LogP contribution in [-0.2, 0) is 22.6 Å². The van der Waals surface area contributed by atoms with Gasteiger partial charge in [-0.3, -0.25) is 0 Å². The molecule has 0 spiro atoms. The number of nitrogens with one attached hydrogen (secondary N) is 1. The normalized spacial score (nSPS) is 11.3. The van der Waals surface area contributed by atoms with Crippen molar-refractivity contribution in [1.29, 1.82) is 0 Å². The number of carboxylic acid groups (broad SMARTS) is 1. The van der Waals surface area contributed by atoms with Crippen molar-refractivity contribution in [2.45, 2.75) is 19.3 Å². The molecule has 0 saturated carbocycles. The maximum Gasteiger partial charge on any atom is 0.490 e. The number of nitrogens with zero attached hydrogens (tertiary/aromatic N) is 5. The average Bonchev–Trinajstić information content (AvgIpc) is 3.25. The molecule has 3 aromatic rings. The number of alkyl halides is 3. The molecule has 0 aliphatic carbocycles. The number of imidazole rings is 1. The molecule has 1 aromatic carbocycles. The smallest absolute Gasteiger partial charge is 0.475 e. The van der Waals surface area contributed by atoms with Crippen LogP contribution in [0.5, 0.6) is 0 Å². The van der Waals surface area contributed by atoms with Crippen molar-refractivity contribution < 1.29 is 32.6 Å². The summed E-state index contributed by atoms with van der Waals surface area (Å²) in [6, 6.07) is 5.22. The molecule has 13 heteroatoms. The molecule has 0 atom stereocenters. The van der Waals surface area contributed by atoms with Crippen LogP contribution in [-0.4, -0.2) is 74.3 Å². The van der Waals surface area contributed by atoms with Gasteiger partial charge in [-0.05, 0) is 32.3 Å².